The number of para-hydroxylation sites is 1. The van der Waals surface area contributed by atoms with Gasteiger partial charge in [-0.15, -0.1) is 0 Å². The second kappa shape index (κ2) is 7.58. The fourth-order valence-electron chi connectivity index (χ4n) is 2.50. The molecule has 1 heterocycles. The van der Waals surface area contributed by atoms with E-state index in [2.05, 4.69) is 15.6 Å². The summed E-state index contributed by atoms with van der Waals surface area (Å²) in [5.41, 5.74) is 3.19. The van der Waals surface area contributed by atoms with Crippen molar-refractivity contribution in [3.63, 3.8) is 0 Å². The highest BCUT2D eigenvalue weighted by Gasteiger charge is 2.33. The van der Waals surface area contributed by atoms with E-state index in [-0.39, 0.29) is 17.0 Å². The zero-order chi connectivity index (χ0) is 19.4. The van der Waals surface area contributed by atoms with E-state index < -0.39 is 17.6 Å². The number of hydrogen-bond acceptors (Lipinski definition) is 5. The summed E-state index contributed by atoms with van der Waals surface area (Å²) >= 11 is 0. The minimum atomic E-state index is -0.827. The molecule has 1 atom stereocenters. The number of halogens is 1. The van der Waals surface area contributed by atoms with Gasteiger partial charge in [0.25, 0.3) is 11.8 Å². The first-order chi connectivity index (χ1) is 13.0. The lowest BCUT2D eigenvalue weighted by atomic mass is 10.1. The van der Waals surface area contributed by atoms with Gasteiger partial charge >= 0.3 is 0 Å². The highest BCUT2D eigenvalue weighted by atomic mass is 19.1. The van der Waals surface area contributed by atoms with Gasteiger partial charge in [0.2, 0.25) is 0 Å². The molecular formula is C19H14FN5O2. The van der Waals surface area contributed by atoms with Crippen LogP contribution in [0, 0.1) is 23.1 Å². The minimum Gasteiger partial charge on any atom is -0.271 e. The maximum absolute atomic E-state index is 13.8. The van der Waals surface area contributed by atoms with Crippen LogP contribution >= 0.6 is 0 Å². The van der Waals surface area contributed by atoms with Crippen LogP contribution in [0.1, 0.15) is 22.8 Å². The molecule has 0 saturated carbocycles. The molecule has 2 aromatic rings. The van der Waals surface area contributed by atoms with E-state index in [4.69, 9.17) is 5.26 Å². The van der Waals surface area contributed by atoms with E-state index in [1.165, 1.54) is 23.4 Å². The van der Waals surface area contributed by atoms with Crippen molar-refractivity contribution in [1.29, 1.82) is 5.26 Å². The lowest BCUT2D eigenvalue weighted by molar-refractivity contribution is -0.118. The number of carbonyl (C=O) groups is 2. The van der Waals surface area contributed by atoms with Crippen molar-refractivity contribution in [3.05, 3.63) is 65.5 Å². The van der Waals surface area contributed by atoms with Crippen molar-refractivity contribution < 1.29 is 14.0 Å². The standard InChI is InChI=1S/C19H14FN5O2/c1-12-16(19(27)25(24-12)14-5-3-2-4-6-14)11-22-23-18(26)15-8-7-13(10-21)9-17(15)20/h2-9,11,16H,1H3,(H,23,26)/b22-11-/t16-/m0/s1. The second-order valence-electron chi connectivity index (χ2n) is 5.73. The van der Waals surface area contributed by atoms with E-state index in [0.29, 0.717) is 11.4 Å². The molecule has 3 rings (SSSR count). The number of rotatable bonds is 4. The van der Waals surface area contributed by atoms with Gasteiger partial charge in [0.1, 0.15) is 11.7 Å². The third kappa shape index (κ3) is 3.72. The van der Waals surface area contributed by atoms with E-state index in [1.807, 2.05) is 6.07 Å². The monoisotopic (exact) mass is 363 g/mol. The summed E-state index contributed by atoms with van der Waals surface area (Å²) in [6, 6.07) is 14.2. The molecule has 0 aliphatic carbocycles. The molecule has 2 amide bonds. The van der Waals surface area contributed by atoms with Crippen LogP contribution in [0.5, 0.6) is 0 Å². The van der Waals surface area contributed by atoms with Crippen LogP contribution in [-0.4, -0.2) is 23.7 Å². The number of hydrazone groups is 2. The average Bonchev–Trinajstić information content (AvgIpc) is 2.96. The SMILES string of the molecule is CC1=NN(c2ccccc2)C(=O)[C@H]1/C=N\NC(=O)c1ccc(C#N)cc1F. The van der Waals surface area contributed by atoms with Crippen molar-refractivity contribution in [1.82, 2.24) is 5.43 Å². The molecule has 134 valence electrons. The number of nitriles is 1. The molecule has 0 unspecified atom stereocenters. The molecule has 0 spiro atoms. The number of benzene rings is 2. The maximum atomic E-state index is 13.8. The predicted molar refractivity (Wildman–Crippen MR) is 97.6 cm³/mol. The predicted octanol–water partition coefficient (Wildman–Crippen LogP) is 2.45. The van der Waals surface area contributed by atoms with Crippen molar-refractivity contribution in [2.24, 2.45) is 16.1 Å². The summed E-state index contributed by atoms with van der Waals surface area (Å²) in [6.07, 6.45) is 1.25. The summed E-state index contributed by atoms with van der Waals surface area (Å²) in [7, 11) is 0. The Labute approximate surface area is 154 Å². The number of nitrogens with one attached hydrogen (secondary N) is 1. The van der Waals surface area contributed by atoms with Gasteiger partial charge in [-0.3, -0.25) is 9.59 Å². The van der Waals surface area contributed by atoms with E-state index in [9.17, 15) is 14.0 Å². The summed E-state index contributed by atoms with van der Waals surface area (Å²) in [4.78, 5) is 24.5. The third-order valence-corrected chi connectivity index (χ3v) is 3.92. The van der Waals surface area contributed by atoms with Crippen LogP contribution in [0.25, 0.3) is 0 Å². The van der Waals surface area contributed by atoms with E-state index >= 15 is 0 Å². The smallest absolute Gasteiger partial charge is 0.271 e. The van der Waals surface area contributed by atoms with Gasteiger partial charge in [-0.25, -0.2) is 9.82 Å². The fraction of sp³-hybridized carbons (Fsp3) is 0.105. The molecule has 1 aliphatic heterocycles. The van der Waals surface area contributed by atoms with Crippen molar-refractivity contribution in [3.8, 4) is 6.07 Å². The van der Waals surface area contributed by atoms with Gasteiger partial charge in [0.15, 0.2) is 0 Å². The number of nitrogens with zero attached hydrogens (tertiary/aromatic N) is 4. The first kappa shape index (κ1) is 17.9. The number of carbonyl (C=O) groups excluding carboxylic acids is 2. The van der Waals surface area contributed by atoms with Crippen LogP contribution in [0.3, 0.4) is 0 Å². The molecule has 1 aliphatic rings. The summed E-state index contributed by atoms with van der Waals surface area (Å²) < 4.78 is 13.8. The fourth-order valence-corrected chi connectivity index (χ4v) is 2.50. The Hall–Kier alpha value is -3.86. The van der Waals surface area contributed by atoms with Gasteiger partial charge in [0.05, 0.1) is 28.6 Å². The maximum Gasteiger partial charge on any atom is 0.274 e. The topological polar surface area (TPSA) is 97.9 Å². The Morgan fingerprint density at radius 1 is 1.33 bits per heavy atom. The van der Waals surface area contributed by atoms with Gasteiger partial charge in [-0.05, 0) is 37.3 Å². The molecule has 0 radical (unpaired) electrons. The molecule has 2 aromatic carbocycles. The van der Waals surface area contributed by atoms with Gasteiger partial charge in [-0.2, -0.15) is 20.5 Å². The largest absolute Gasteiger partial charge is 0.274 e. The molecule has 0 bridgehead atoms. The zero-order valence-corrected chi connectivity index (χ0v) is 14.3. The summed E-state index contributed by atoms with van der Waals surface area (Å²) in [6.45, 7) is 1.68. The molecular weight excluding hydrogens is 349 g/mol. The summed E-state index contributed by atoms with van der Waals surface area (Å²) in [5, 5.41) is 18.0. The van der Waals surface area contributed by atoms with Gasteiger partial charge < -0.3 is 0 Å². The highest BCUT2D eigenvalue weighted by molar-refractivity contribution is 6.23. The van der Waals surface area contributed by atoms with Crippen LogP contribution in [0.15, 0.2) is 58.7 Å². The first-order valence-corrected chi connectivity index (χ1v) is 7.98. The number of amides is 2. The molecule has 1 N–H and O–H groups in total. The second-order valence-corrected chi connectivity index (χ2v) is 5.73. The van der Waals surface area contributed by atoms with Gasteiger partial charge in [0, 0.05) is 6.21 Å². The van der Waals surface area contributed by atoms with Crippen LogP contribution in [0.4, 0.5) is 10.1 Å². The minimum absolute atomic E-state index is 0.108. The number of anilines is 1. The molecule has 0 fully saturated rings. The van der Waals surface area contributed by atoms with Gasteiger partial charge in [-0.1, -0.05) is 18.2 Å². The lowest BCUT2D eigenvalue weighted by Crippen LogP contribution is -2.29. The average molecular weight is 363 g/mol. The number of hydrogen-bond donors (Lipinski definition) is 1. The van der Waals surface area contributed by atoms with Crippen molar-refractivity contribution in [2.45, 2.75) is 6.92 Å². The molecule has 7 nitrogen and oxygen atoms in total. The third-order valence-electron chi connectivity index (χ3n) is 3.92. The highest BCUT2D eigenvalue weighted by Crippen LogP contribution is 2.22. The quantitative estimate of drug-likeness (QED) is 0.667. The van der Waals surface area contributed by atoms with E-state index in [1.54, 1.807) is 37.3 Å². The van der Waals surface area contributed by atoms with Crippen molar-refractivity contribution >= 4 is 29.4 Å². The van der Waals surface area contributed by atoms with Crippen LogP contribution in [0.2, 0.25) is 0 Å². The van der Waals surface area contributed by atoms with Crippen molar-refractivity contribution in [2.75, 3.05) is 5.01 Å². The zero-order valence-electron chi connectivity index (χ0n) is 14.3. The molecule has 27 heavy (non-hydrogen) atoms. The normalized spacial score (nSPS) is 16.3. The Bertz CT molecular complexity index is 995. The Morgan fingerprint density at radius 3 is 2.74 bits per heavy atom. The van der Waals surface area contributed by atoms with Crippen LogP contribution in [-0.2, 0) is 4.79 Å². The summed E-state index contributed by atoms with van der Waals surface area (Å²) in [5.74, 6) is -2.64. The first-order valence-electron chi connectivity index (χ1n) is 7.98. The lowest BCUT2D eigenvalue weighted by Gasteiger charge is -2.12. The van der Waals surface area contributed by atoms with Crippen LogP contribution < -0.4 is 10.4 Å². The van der Waals surface area contributed by atoms with E-state index in [0.717, 1.165) is 6.07 Å². The molecule has 8 heteroatoms. The Morgan fingerprint density at radius 2 is 2.07 bits per heavy atom. The molecule has 0 saturated heterocycles. The Kier molecular flexibility index (Phi) is 5.04. The molecule has 0 aromatic heterocycles. The Balaban J connectivity index is 1.68.